The van der Waals surface area contributed by atoms with Crippen LogP contribution in [0.25, 0.3) is 0 Å². The predicted molar refractivity (Wildman–Crippen MR) is 74.9 cm³/mol. The van der Waals surface area contributed by atoms with Crippen LogP contribution in [0.3, 0.4) is 0 Å². The summed E-state index contributed by atoms with van der Waals surface area (Å²) in [7, 11) is 1.72. The van der Waals surface area contributed by atoms with Crippen molar-refractivity contribution in [2.45, 2.75) is 51.6 Å². The molecule has 1 aromatic heterocycles. The number of methoxy groups -OCH3 is 1. The highest BCUT2D eigenvalue weighted by atomic mass is 16.5. The zero-order valence-corrected chi connectivity index (χ0v) is 12.1. The standard InChI is InChI=1S/C14H26N4O/c1-3-12-4-6-13(7-5-12)18-14(16-11-17-18)10-15-8-9-19-2/h11-13,15H,3-10H2,1-2H3. The molecule has 0 bridgehead atoms. The molecule has 1 heterocycles. The van der Waals surface area contributed by atoms with Crippen LogP contribution in [0.2, 0.25) is 0 Å². The minimum Gasteiger partial charge on any atom is -0.383 e. The lowest BCUT2D eigenvalue weighted by Gasteiger charge is -2.28. The van der Waals surface area contributed by atoms with Gasteiger partial charge in [0.15, 0.2) is 0 Å². The van der Waals surface area contributed by atoms with Gasteiger partial charge in [-0.25, -0.2) is 9.67 Å². The van der Waals surface area contributed by atoms with Crippen molar-refractivity contribution >= 4 is 0 Å². The molecule has 2 rings (SSSR count). The van der Waals surface area contributed by atoms with E-state index in [0.717, 1.165) is 31.4 Å². The zero-order valence-electron chi connectivity index (χ0n) is 12.1. The number of ether oxygens (including phenoxy) is 1. The van der Waals surface area contributed by atoms with Crippen molar-refractivity contribution in [3.63, 3.8) is 0 Å². The number of nitrogens with one attached hydrogen (secondary N) is 1. The van der Waals surface area contributed by atoms with Crippen molar-refractivity contribution in [2.24, 2.45) is 5.92 Å². The molecule has 19 heavy (non-hydrogen) atoms. The van der Waals surface area contributed by atoms with E-state index in [1.165, 1.54) is 32.1 Å². The van der Waals surface area contributed by atoms with Gasteiger partial charge >= 0.3 is 0 Å². The molecule has 108 valence electrons. The van der Waals surface area contributed by atoms with Crippen molar-refractivity contribution < 1.29 is 4.74 Å². The van der Waals surface area contributed by atoms with Crippen molar-refractivity contribution in [1.29, 1.82) is 0 Å². The summed E-state index contributed by atoms with van der Waals surface area (Å²) >= 11 is 0. The fourth-order valence-electron chi connectivity index (χ4n) is 2.88. The molecule has 0 amide bonds. The predicted octanol–water partition coefficient (Wildman–Crippen LogP) is 2.16. The Morgan fingerprint density at radius 1 is 1.37 bits per heavy atom. The highest BCUT2D eigenvalue weighted by Gasteiger charge is 2.23. The van der Waals surface area contributed by atoms with Crippen LogP contribution in [0, 0.1) is 5.92 Å². The van der Waals surface area contributed by atoms with E-state index < -0.39 is 0 Å². The van der Waals surface area contributed by atoms with E-state index in [9.17, 15) is 0 Å². The number of rotatable bonds is 7. The molecule has 1 saturated carbocycles. The van der Waals surface area contributed by atoms with Crippen molar-refractivity contribution in [3.8, 4) is 0 Å². The van der Waals surface area contributed by atoms with Crippen LogP contribution in [0.4, 0.5) is 0 Å². The monoisotopic (exact) mass is 266 g/mol. The van der Waals surface area contributed by atoms with E-state index in [1.807, 2.05) is 0 Å². The van der Waals surface area contributed by atoms with Crippen LogP contribution in [0.5, 0.6) is 0 Å². The summed E-state index contributed by atoms with van der Waals surface area (Å²) < 4.78 is 7.16. The Morgan fingerprint density at radius 3 is 2.84 bits per heavy atom. The lowest BCUT2D eigenvalue weighted by atomic mass is 9.84. The summed E-state index contributed by atoms with van der Waals surface area (Å²) in [5.74, 6) is 1.97. The summed E-state index contributed by atoms with van der Waals surface area (Å²) in [6, 6.07) is 0.546. The first kappa shape index (κ1) is 14.5. The molecule has 1 N–H and O–H groups in total. The van der Waals surface area contributed by atoms with Crippen LogP contribution in [-0.2, 0) is 11.3 Å². The quantitative estimate of drug-likeness (QED) is 0.768. The van der Waals surface area contributed by atoms with Gasteiger partial charge in [-0.15, -0.1) is 0 Å². The minimum absolute atomic E-state index is 0.546. The SMILES string of the molecule is CCC1CCC(n2ncnc2CNCCOC)CC1. The van der Waals surface area contributed by atoms with Gasteiger partial charge in [-0.1, -0.05) is 13.3 Å². The fraction of sp³-hybridized carbons (Fsp3) is 0.857. The van der Waals surface area contributed by atoms with Gasteiger partial charge in [0.05, 0.1) is 19.2 Å². The van der Waals surface area contributed by atoms with Crippen molar-refractivity contribution in [2.75, 3.05) is 20.3 Å². The average Bonchev–Trinajstić information content (AvgIpc) is 2.92. The van der Waals surface area contributed by atoms with Crippen molar-refractivity contribution in [1.82, 2.24) is 20.1 Å². The molecule has 0 atom stereocenters. The lowest BCUT2D eigenvalue weighted by Crippen LogP contribution is -2.25. The van der Waals surface area contributed by atoms with Gasteiger partial charge in [-0.3, -0.25) is 0 Å². The molecule has 0 radical (unpaired) electrons. The summed E-state index contributed by atoms with van der Waals surface area (Å²) in [5.41, 5.74) is 0. The van der Waals surface area contributed by atoms with Crippen LogP contribution in [-0.4, -0.2) is 35.0 Å². The summed E-state index contributed by atoms with van der Waals surface area (Å²) in [5, 5.41) is 7.76. The van der Waals surface area contributed by atoms with Crippen LogP contribution in [0.1, 0.15) is 50.9 Å². The van der Waals surface area contributed by atoms with Gasteiger partial charge in [-0.2, -0.15) is 5.10 Å². The molecule has 1 aliphatic carbocycles. The summed E-state index contributed by atoms with van der Waals surface area (Å²) in [4.78, 5) is 4.38. The summed E-state index contributed by atoms with van der Waals surface area (Å²) in [6.45, 7) is 4.66. The number of hydrogen-bond donors (Lipinski definition) is 1. The third-order valence-corrected chi connectivity index (χ3v) is 4.15. The Morgan fingerprint density at radius 2 is 2.16 bits per heavy atom. The van der Waals surface area contributed by atoms with Crippen molar-refractivity contribution in [3.05, 3.63) is 12.2 Å². The second-order valence-electron chi connectivity index (χ2n) is 5.37. The largest absolute Gasteiger partial charge is 0.383 e. The zero-order chi connectivity index (χ0) is 13.5. The first-order valence-electron chi connectivity index (χ1n) is 7.43. The molecule has 0 aliphatic heterocycles. The number of aromatic nitrogens is 3. The second kappa shape index (κ2) is 7.60. The van der Waals surface area contributed by atoms with Gasteiger partial charge in [0.2, 0.25) is 0 Å². The molecular formula is C14H26N4O. The van der Waals surface area contributed by atoms with E-state index in [2.05, 4.69) is 27.0 Å². The Labute approximate surface area is 115 Å². The molecule has 0 saturated heterocycles. The average molecular weight is 266 g/mol. The van der Waals surface area contributed by atoms with E-state index in [4.69, 9.17) is 4.74 Å². The molecule has 1 aromatic rings. The lowest BCUT2D eigenvalue weighted by molar-refractivity contribution is 0.198. The smallest absolute Gasteiger partial charge is 0.141 e. The fourth-order valence-corrected chi connectivity index (χ4v) is 2.88. The van der Waals surface area contributed by atoms with Gasteiger partial charge in [0.1, 0.15) is 12.2 Å². The number of nitrogens with zero attached hydrogens (tertiary/aromatic N) is 3. The van der Waals surface area contributed by atoms with Crippen LogP contribution < -0.4 is 5.32 Å². The Balaban J connectivity index is 1.85. The molecule has 1 fully saturated rings. The van der Waals surface area contributed by atoms with Gasteiger partial charge in [0.25, 0.3) is 0 Å². The van der Waals surface area contributed by atoms with Crippen LogP contribution in [0.15, 0.2) is 6.33 Å². The maximum atomic E-state index is 5.03. The maximum absolute atomic E-state index is 5.03. The molecule has 5 heteroatoms. The summed E-state index contributed by atoms with van der Waals surface area (Å²) in [6.07, 6.45) is 8.14. The highest BCUT2D eigenvalue weighted by Crippen LogP contribution is 2.33. The molecule has 0 spiro atoms. The van der Waals surface area contributed by atoms with E-state index in [-0.39, 0.29) is 0 Å². The van der Waals surface area contributed by atoms with Gasteiger partial charge in [-0.05, 0) is 31.6 Å². The van der Waals surface area contributed by atoms with E-state index >= 15 is 0 Å². The molecule has 5 nitrogen and oxygen atoms in total. The molecular weight excluding hydrogens is 240 g/mol. The first-order valence-corrected chi connectivity index (χ1v) is 7.43. The molecule has 0 unspecified atom stereocenters. The maximum Gasteiger partial charge on any atom is 0.141 e. The highest BCUT2D eigenvalue weighted by molar-refractivity contribution is 4.89. The Bertz CT molecular complexity index is 358. The van der Waals surface area contributed by atoms with Gasteiger partial charge < -0.3 is 10.1 Å². The van der Waals surface area contributed by atoms with Gasteiger partial charge in [0, 0.05) is 13.7 Å². The van der Waals surface area contributed by atoms with E-state index in [1.54, 1.807) is 13.4 Å². The molecule has 0 aromatic carbocycles. The second-order valence-corrected chi connectivity index (χ2v) is 5.37. The van der Waals surface area contributed by atoms with E-state index in [0.29, 0.717) is 6.04 Å². The Hall–Kier alpha value is -0.940. The van der Waals surface area contributed by atoms with Crippen LogP contribution >= 0.6 is 0 Å². The molecule has 1 aliphatic rings. The third kappa shape index (κ3) is 4.01. The first-order chi connectivity index (χ1) is 9.35. The number of hydrogen-bond acceptors (Lipinski definition) is 4. The third-order valence-electron chi connectivity index (χ3n) is 4.15. The minimum atomic E-state index is 0.546. The normalized spacial score (nSPS) is 23.7. The Kier molecular flexibility index (Phi) is 5.79. The topological polar surface area (TPSA) is 52.0 Å².